The second-order valence-electron chi connectivity index (χ2n) is 9.00. The first-order chi connectivity index (χ1) is 19.3. The summed E-state index contributed by atoms with van der Waals surface area (Å²) < 4.78 is 23.4. The van der Waals surface area contributed by atoms with E-state index in [9.17, 15) is 24.3 Å². The molecular formula is C28H29N2Na2O10S-. The van der Waals surface area contributed by atoms with Gasteiger partial charge in [0.05, 0.1) is 42.5 Å². The number of hydrogen-bond acceptors (Lipinski definition) is 12. The zero-order chi connectivity index (χ0) is 28.6. The molecule has 2 aromatic heterocycles. The summed E-state index contributed by atoms with van der Waals surface area (Å²) in [6.45, 7) is 1.50. The maximum atomic E-state index is 12.3. The summed E-state index contributed by atoms with van der Waals surface area (Å²) in [7, 11) is 3.05. The largest absolute Gasteiger partial charge is 1.00 e. The Hall–Kier alpha value is -2.23. The number of thiophene rings is 1. The van der Waals surface area contributed by atoms with Crippen molar-refractivity contribution in [3.63, 3.8) is 0 Å². The van der Waals surface area contributed by atoms with E-state index in [2.05, 4.69) is 4.98 Å². The van der Waals surface area contributed by atoms with E-state index in [1.54, 1.807) is 30.4 Å². The Morgan fingerprint density at radius 1 is 0.930 bits per heavy atom. The number of aliphatic carboxylic acids is 1. The van der Waals surface area contributed by atoms with Crippen LogP contribution in [0, 0.1) is 0 Å². The van der Waals surface area contributed by atoms with Gasteiger partial charge in [-0.05, 0) is 35.7 Å². The number of benzene rings is 1. The SMILES string of the molecule is COc1cc2c(cc1OCCCOc1nc3cc(C(=O)CCC(=O)[O-])sc3cc1OC)CN(C(=O)CC[C-]=O)C2.[Na+].[Na+].[OH-]. The van der Waals surface area contributed by atoms with Crippen molar-refractivity contribution in [3.8, 4) is 23.1 Å². The molecule has 1 aliphatic heterocycles. The molecule has 15 heteroatoms. The first-order valence-corrected chi connectivity index (χ1v) is 13.4. The number of nitrogens with zero attached hydrogens (tertiary/aromatic N) is 2. The van der Waals surface area contributed by atoms with Crippen molar-refractivity contribution in [2.45, 2.75) is 45.2 Å². The number of ketones is 1. The summed E-state index contributed by atoms with van der Waals surface area (Å²) in [6, 6.07) is 7.08. The minimum atomic E-state index is -1.27. The van der Waals surface area contributed by atoms with E-state index in [1.807, 2.05) is 12.1 Å². The molecule has 0 fully saturated rings. The Morgan fingerprint density at radius 3 is 2.21 bits per heavy atom. The predicted molar refractivity (Wildman–Crippen MR) is 144 cm³/mol. The standard InChI is InChI=1S/C28H29N2O9S.2Na.H2O/c1-36-21-11-17-15-30(26(33)5-3-8-31)16-18(17)12-22(21)38-9-4-10-39-28-23(37-2)14-24-19(29-28)13-25(40-24)20(32)6-7-27(34)35;;;/h11-14H,3-7,9-10,15-16H2,1-2H3,(H,34,35);;;1H2/q-1;2*+1;/p-2. The topological polar surface area (TPSA) is 174 Å². The van der Waals surface area contributed by atoms with E-state index in [0.29, 0.717) is 53.8 Å². The molecule has 12 nitrogen and oxygen atoms in total. The summed E-state index contributed by atoms with van der Waals surface area (Å²) >= 11 is 1.21. The van der Waals surface area contributed by atoms with Gasteiger partial charge in [0.15, 0.2) is 23.0 Å². The number of methoxy groups -OCH3 is 2. The smallest absolute Gasteiger partial charge is 0.870 e. The molecular weight excluding hydrogens is 602 g/mol. The summed E-state index contributed by atoms with van der Waals surface area (Å²) in [6.07, 6.45) is 2.02. The zero-order valence-electron chi connectivity index (χ0n) is 24.6. The molecule has 3 heterocycles. The van der Waals surface area contributed by atoms with Gasteiger partial charge in [-0.3, -0.25) is 15.9 Å². The van der Waals surface area contributed by atoms with Gasteiger partial charge in [0, 0.05) is 44.4 Å². The third-order valence-corrected chi connectivity index (χ3v) is 7.39. The number of ether oxygens (including phenoxy) is 4. The maximum absolute atomic E-state index is 12.3. The molecule has 4 rings (SSSR count). The van der Waals surface area contributed by atoms with Gasteiger partial charge < -0.3 is 44.0 Å². The van der Waals surface area contributed by atoms with Crippen molar-refractivity contribution in [2.75, 3.05) is 27.4 Å². The molecule has 0 bridgehead atoms. The molecule has 220 valence electrons. The van der Waals surface area contributed by atoms with E-state index in [0.717, 1.165) is 15.8 Å². The average molecular weight is 632 g/mol. The monoisotopic (exact) mass is 631 g/mol. The van der Waals surface area contributed by atoms with Gasteiger partial charge in [0.1, 0.15) is 0 Å². The van der Waals surface area contributed by atoms with Crippen LogP contribution in [0.1, 0.15) is 52.9 Å². The average Bonchev–Trinajstić information content (AvgIpc) is 3.56. The van der Waals surface area contributed by atoms with Gasteiger partial charge in [0.2, 0.25) is 5.91 Å². The fourth-order valence-electron chi connectivity index (χ4n) is 4.24. The van der Waals surface area contributed by atoms with Crippen LogP contribution in [-0.2, 0) is 27.5 Å². The van der Waals surface area contributed by atoms with Crippen LogP contribution in [0.5, 0.6) is 23.1 Å². The fourth-order valence-corrected chi connectivity index (χ4v) is 5.24. The molecule has 0 saturated carbocycles. The minimum Gasteiger partial charge on any atom is -0.870 e. The van der Waals surface area contributed by atoms with Crippen LogP contribution < -0.4 is 83.2 Å². The van der Waals surface area contributed by atoms with Crippen molar-refractivity contribution < 1.29 is 108 Å². The quantitative estimate of drug-likeness (QED) is 0.0703. The second kappa shape index (κ2) is 18.5. The number of carbonyl (C=O) groups is 3. The molecule has 0 radical (unpaired) electrons. The van der Waals surface area contributed by atoms with Crippen molar-refractivity contribution in [3.05, 3.63) is 40.3 Å². The van der Waals surface area contributed by atoms with Crippen molar-refractivity contribution in [2.24, 2.45) is 0 Å². The Bertz CT molecular complexity index is 1430. The van der Waals surface area contributed by atoms with E-state index in [1.165, 1.54) is 18.4 Å². The summed E-state index contributed by atoms with van der Waals surface area (Å²) in [4.78, 5) is 52.3. The number of hydrogen-bond donors (Lipinski definition) is 0. The molecule has 1 aromatic carbocycles. The number of carbonyl (C=O) groups excluding carboxylic acids is 4. The Kier molecular flexibility index (Phi) is 16.7. The molecule has 0 spiro atoms. The molecule has 0 unspecified atom stereocenters. The summed E-state index contributed by atoms with van der Waals surface area (Å²) in [5.41, 5.74) is 2.49. The number of carboxylic acid groups (broad SMARTS) is 1. The van der Waals surface area contributed by atoms with E-state index >= 15 is 0 Å². The summed E-state index contributed by atoms with van der Waals surface area (Å²) in [5, 5.41) is 10.7. The first kappa shape index (κ1) is 38.8. The van der Waals surface area contributed by atoms with Gasteiger partial charge in [0.25, 0.3) is 5.88 Å². The molecule has 1 amide bonds. The minimum absolute atomic E-state index is 0. The number of pyridine rings is 1. The summed E-state index contributed by atoms with van der Waals surface area (Å²) in [5.74, 6) is 0.149. The van der Waals surface area contributed by atoms with Crippen LogP contribution >= 0.6 is 11.3 Å². The van der Waals surface area contributed by atoms with Crippen LogP contribution in [0.3, 0.4) is 0 Å². The van der Waals surface area contributed by atoms with E-state index in [-0.39, 0.29) is 114 Å². The molecule has 3 aromatic rings. The van der Waals surface area contributed by atoms with Crippen molar-refractivity contribution in [1.82, 2.24) is 9.88 Å². The fraction of sp³-hybridized carbons (Fsp3) is 0.393. The number of amides is 1. The Morgan fingerprint density at radius 2 is 1.58 bits per heavy atom. The normalized spacial score (nSPS) is 11.3. The second-order valence-corrected chi connectivity index (χ2v) is 10.1. The molecule has 0 saturated heterocycles. The van der Waals surface area contributed by atoms with E-state index in [4.69, 9.17) is 18.9 Å². The van der Waals surface area contributed by atoms with Gasteiger partial charge in [-0.15, -0.1) is 17.8 Å². The zero-order valence-corrected chi connectivity index (χ0v) is 29.4. The predicted octanol–water partition coefficient (Wildman–Crippen LogP) is -3.56. The number of aromatic nitrogens is 1. The number of rotatable bonds is 15. The van der Waals surface area contributed by atoms with Gasteiger partial charge in [-0.1, -0.05) is 0 Å². The van der Waals surface area contributed by atoms with Crippen molar-refractivity contribution >= 4 is 45.5 Å². The number of carboxylic acids is 1. The Labute approximate surface area is 296 Å². The molecule has 0 aliphatic carbocycles. The molecule has 1 N–H and O–H groups in total. The molecule has 43 heavy (non-hydrogen) atoms. The third kappa shape index (κ3) is 10.1. The van der Waals surface area contributed by atoms with Crippen molar-refractivity contribution in [1.29, 1.82) is 0 Å². The van der Waals surface area contributed by atoms with Gasteiger partial charge >= 0.3 is 59.1 Å². The van der Waals surface area contributed by atoms with Crippen LogP contribution in [0.15, 0.2) is 24.3 Å². The number of Topliss-reactive ketones (excluding diaryl/α,β-unsaturated/α-hetero) is 1. The number of fused-ring (bicyclic) bond motifs is 2. The van der Waals surface area contributed by atoms with Crippen LogP contribution in [-0.4, -0.2) is 66.7 Å². The van der Waals surface area contributed by atoms with Crippen LogP contribution in [0.2, 0.25) is 0 Å². The molecule has 0 atom stereocenters. The Balaban J connectivity index is 0.00000308. The van der Waals surface area contributed by atoms with Gasteiger partial charge in [-0.2, -0.15) is 0 Å². The third-order valence-electron chi connectivity index (χ3n) is 6.27. The van der Waals surface area contributed by atoms with Gasteiger partial charge in [-0.25, -0.2) is 4.98 Å². The molecule has 1 aliphatic rings. The van der Waals surface area contributed by atoms with Crippen LogP contribution in [0.4, 0.5) is 0 Å². The first-order valence-electron chi connectivity index (χ1n) is 12.6. The van der Waals surface area contributed by atoms with E-state index < -0.39 is 5.97 Å². The van der Waals surface area contributed by atoms with Crippen LogP contribution in [0.25, 0.3) is 10.2 Å². The maximum Gasteiger partial charge on any atom is 1.00 e.